The summed E-state index contributed by atoms with van der Waals surface area (Å²) in [6.45, 7) is 2.20. The Morgan fingerprint density at radius 2 is 2.00 bits per heavy atom. The number of nitrogens with zero attached hydrogens (tertiary/aromatic N) is 2. The average molecular weight is 328 g/mol. The number of halogens is 1. The fraction of sp³-hybridized carbons (Fsp3) is 0.333. The molecule has 0 aliphatic carbocycles. The third-order valence-electron chi connectivity index (χ3n) is 2.48. The van der Waals surface area contributed by atoms with Crippen LogP contribution in [0.3, 0.4) is 0 Å². The van der Waals surface area contributed by atoms with Gasteiger partial charge in [0.15, 0.2) is 5.82 Å². The maximum atomic E-state index is 5.31. The predicted molar refractivity (Wildman–Crippen MR) is 73.6 cm³/mol. The van der Waals surface area contributed by atoms with Gasteiger partial charge in [-0.2, -0.15) is 4.98 Å². The summed E-state index contributed by atoms with van der Waals surface area (Å²) in [6.07, 6.45) is 0. The van der Waals surface area contributed by atoms with E-state index in [1.54, 1.807) is 27.2 Å². The van der Waals surface area contributed by atoms with Crippen molar-refractivity contribution < 1.29 is 14.0 Å². The molecular formula is C12H14BrN3O3. The summed E-state index contributed by atoms with van der Waals surface area (Å²) in [5.41, 5.74) is 0.817. The highest BCUT2D eigenvalue weighted by molar-refractivity contribution is 9.10. The van der Waals surface area contributed by atoms with Gasteiger partial charge in [-0.05, 0) is 22.0 Å². The molecule has 7 heteroatoms. The number of ether oxygens (including phenoxy) is 2. The van der Waals surface area contributed by atoms with E-state index in [1.807, 2.05) is 6.07 Å². The molecule has 2 rings (SSSR count). The second-order valence-electron chi connectivity index (χ2n) is 3.77. The van der Waals surface area contributed by atoms with Crippen molar-refractivity contribution in [2.75, 3.05) is 19.5 Å². The first kappa shape index (κ1) is 13.7. The smallest absolute Gasteiger partial charge is 0.223 e. The second kappa shape index (κ2) is 5.92. The van der Waals surface area contributed by atoms with E-state index in [-0.39, 0.29) is 0 Å². The minimum atomic E-state index is 0.451. The lowest BCUT2D eigenvalue weighted by molar-refractivity contribution is 0.387. The van der Waals surface area contributed by atoms with Crippen LogP contribution in [0.5, 0.6) is 11.5 Å². The molecule has 1 aromatic carbocycles. The lowest BCUT2D eigenvalue weighted by Crippen LogP contribution is -2.03. The lowest BCUT2D eigenvalue weighted by Gasteiger charge is -2.12. The molecule has 0 unspecified atom stereocenters. The van der Waals surface area contributed by atoms with E-state index in [0.29, 0.717) is 29.8 Å². The summed E-state index contributed by atoms with van der Waals surface area (Å²) in [5, 5.41) is 7.01. The molecule has 19 heavy (non-hydrogen) atoms. The van der Waals surface area contributed by atoms with Gasteiger partial charge in [0.25, 0.3) is 0 Å². The average Bonchev–Trinajstić information content (AvgIpc) is 2.82. The van der Waals surface area contributed by atoms with E-state index in [4.69, 9.17) is 14.0 Å². The second-order valence-corrected chi connectivity index (χ2v) is 4.62. The number of anilines is 1. The fourth-order valence-corrected chi connectivity index (χ4v) is 2.09. The van der Waals surface area contributed by atoms with Crippen molar-refractivity contribution in [3.8, 4) is 11.5 Å². The van der Waals surface area contributed by atoms with Crippen LogP contribution in [0.1, 0.15) is 11.7 Å². The highest BCUT2D eigenvalue weighted by Gasteiger charge is 2.10. The standard InChI is InChI=1S/C12H14BrN3O3/c1-7-15-12(16-19-7)6-14-9-4-8(13)10(17-2)5-11(9)18-3/h4-5,14H,6H2,1-3H3. The lowest BCUT2D eigenvalue weighted by atomic mass is 10.2. The van der Waals surface area contributed by atoms with Crippen molar-refractivity contribution in [3.05, 3.63) is 28.3 Å². The Morgan fingerprint density at radius 1 is 1.26 bits per heavy atom. The Morgan fingerprint density at radius 3 is 2.58 bits per heavy atom. The molecule has 0 atom stereocenters. The van der Waals surface area contributed by atoms with Crippen molar-refractivity contribution in [1.29, 1.82) is 0 Å². The molecule has 1 heterocycles. The highest BCUT2D eigenvalue weighted by Crippen LogP contribution is 2.36. The van der Waals surface area contributed by atoms with Crippen molar-refractivity contribution >= 4 is 21.6 Å². The fourth-order valence-electron chi connectivity index (χ4n) is 1.59. The normalized spacial score (nSPS) is 10.3. The van der Waals surface area contributed by atoms with Gasteiger partial charge in [0.1, 0.15) is 11.5 Å². The molecule has 0 saturated heterocycles. The zero-order valence-electron chi connectivity index (χ0n) is 10.9. The number of hydrogen-bond acceptors (Lipinski definition) is 6. The molecule has 6 nitrogen and oxygen atoms in total. The highest BCUT2D eigenvalue weighted by atomic mass is 79.9. The summed E-state index contributed by atoms with van der Waals surface area (Å²) in [4.78, 5) is 4.12. The summed E-state index contributed by atoms with van der Waals surface area (Å²) >= 11 is 3.43. The molecule has 0 spiro atoms. The molecule has 1 aromatic heterocycles. The number of hydrogen-bond donors (Lipinski definition) is 1. The first-order valence-corrected chi connectivity index (χ1v) is 6.38. The van der Waals surface area contributed by atoms with Gasteiger partial charge < -0.3 is 19.3 Å². The van der Waals surface area contributed by atoms with Crippen molar-refractivity contribution in [3.63, 3.8) is 0 Å². The first-order valence-electron chi connectivity index (χ1n) is 5.58. The summed E-state index contributed by atoms with van der Waals surface area (Å²) in [5.74, 6) is 2.52. The topological polar surface area (TPSA) is 69.4 Å². The van der Waals surface area contributed by atoms with Crippen LogP contribution < -0.4 is 14.8 Å². The molecule has 0 aliphatic rings. The van der Waals surface area contributed by atoms with Crippen LogP contribution in [-0.2, 0) is 6.54 Å². The molecule has 0 radical (unpaired) electrons. The number of aromatic nitrogens is 2. The number of benzene rings is 1. The van der Waals surface area contributed by atoms with Gasteiger partial charge in [-0.3, -0.25) is 0 Å². The van der Waals surface area contributed by atoms with E-state index < -0.39 is 0 Å². The van der Waals surface area contributed by atoms with Crippen LogP contribution in [-0.4, -0.2) is 24.4 Å². The SMILES string of the molecule is COc1cc(OC)c(NCc2noc(C)n2)cc1Br. The number of nitrogens with one attached hydrogen (secondary N) is 1. The van der Waals surface area contributed by atoms with Crippen LogP contribution in [0.25, 0.3) is 0 Å². The number of methoxy groups -OCH3 is 2. The van der Waals surface area contributed by atoms with Crippen LogP contribution in [0.4, 0.5) is 5.69 Å². The van der Waals surface area contributed by atoms with Gasteiger partial charge in [0, 0.05) is 13.0 Å². The van der Waals surface area contributed by atoms with Gasteiger partial charge in [-0.1, -0.05) is 5.16 Å². The van der Waals surface area contributed by atoms with Crippen molar-refractivity contribution in [2.24, 2.45) is 0 Å². The van der Waals surface area contributed by atoms with Gasteiger partial charge in [0.05, 0.1) is 30.9 Å². The molecule has 1 N–H and O–H groups in total. The maximum Gasteiger partial charge on any atom is 0.223 e. The predicted octanol–water partition coefficient (Wildman–Crippen LogP) is 2.77. The summed E-state index contributed by atoms with van der Waals surface area (Å²) in [6, 6.07) is 3.68. The summed E-state index contributed by atoms with van der Waals surface area (Å²) < 4.78 is 16.3. The van der Waals surface area contributed by atoms with E-state index in [2.05, 4.69) is 31.4 Å². The maximum absolute atomic E-state index is 5.31. The van der Waals surface area contributed by atoms with Crippen LogP contribution >= 0.6 is 15.9 Å². The van der Waals surface area contributed by atoms with E-state index in [0.717, 1.165) is 10.2 Å². The van der Waals surface area contributed by atoms with Crippen LogP contribution in [0, 0.1) is 6.92 Å². The van der Waals surface area contributed by atoms with Gasteiger partial charge in [0.2, 0.25) is 5.89 Å². The molecule has 2 aromatic rings. The number of rotatable bonds is 5. The van der Waals surface area contributed by atoms with Gasteiger partial charge in [-0.25, -0.2) is 0 Å². The Balaban J connectivity index is 2.17. The molecule has 0 bridgehead atoms. The van der Waals surface area contributed by atoms with Crippen LogP contribution in [0.15, 0.2) is 21.1 Å². The van der Waals surface area contributed by atoms with Crippen LogP contribution in [0.2, 0.25) is 0 Å². The van der Waals surface area contributed by atoms with E-state index in [1.165, 1.54) is 0 Å². The largest absolute Gasteiger partial charge is 0.495 e. The molecular weight excluding hydrogens is 314 g/mol. The Bertz CT molecular complexity index is 571. The minimum absolute atomic E-state index is 0.451. The zero-order chi connectivity index (χ0) is 13.8. The Kier molecular flexibility index (Phi) is 4.26. The van der Waals surface area contributed by atoms with Gasteiger partial charge >= 0.3 is 0 Å². The van der Waals surface area contributed by atoms with E-state index >= 15 is 0 Å². The monoisotopic (exact) mass is 327 g/mol. The minimum Gasteiger partial charge on any atom is -0.495 e. The Labute approximate surface area is 119 Å². The molecule has 0 aliphatic heterocycles. The third-order valence-corrected chi connectivity index (χ3v) is 3.10. The van der Waals surface area contributed by atoms with E-state index in [9.17, 15) is 0 Å². The molecule has 102 valence electrons. The third kappa shape index (κ3) is 3.17. The zero-order valence-corrected chi connectivity index (χ0v) is 12.4. The van der Waals surface area contributed by atoms with Crippen molar-refractivity contribution in [2.45, 2.75) is 13.5 Å². The number of aryl methyl sites for hydroxylation is 1. The van der Waals surface area contributed by atoms with Gasteiger partial charge in [-0.15, -0.1) is 0 Å². The first-order chi connectivity index (χ1) is 9.13. The van der Waals surface area contributed by atoms with Crippen molar-refractivity contribution in [1.82, 2.24) is 10.1 Å². The molecule has 0 fully saturated rings. The molecule has 0 saturated carbocycles. The summed E-state index contributed by atoms with van der Waals surface area (Å²) in [7, 11) is 3.21. The molecule has 0 amide bonds. The quantitative estimate of drug-likeness (QED) is 0.910. The Hall–Kier alpha value is -1.76.